The van der Waals surface area contributed by atoms with Crippen LogP contribution in [-0.2, 0) is 11.3 Å². The van der Waals surface area contributed by atoms with Crippen LogP contribution in [-0.4, -0.2) is 40.9 Å². The number of alkyl carbamates (subject to hydrolysis) is 1. The number of carbonyl (C=O) groups is 2. The van der Waals surface area contributed by atoms with Gasteiger partial charge in [0.2, 0.25) is 0 Å². The molecule has 0 saturated heterocycles. The second kappa shape index (κ2) is 7.38. The van der Waals surface area contributed by atoms with Gasteiger partial charge in [-0.1, -0.05) is 24.3 Å². The minimum absolute atomic E-state index is 0.386. The van der Waals surface area contributed by atoms with E-state index in [4.69, 9.17) is 9.84 Å². The van der Waals surface area contributed by atoms with Gasteiger partial charge in [0.05, 0.1) is 0 Å². The molecule has 2 N–H and O–H groups in total. The van der Waals surface area contributed by atoms with Gasteiger partial charge in [-0.15, -0.1) is 0 Å². The number of amides is 2. The van der Waals surface area contributed by atoms with Gasteiger partial charge in [-0.25, -0.2) is 9.59 Å². The Morgan fingerprint density at radius 1 is 1.33 bits per heavy atom. The van der Waals surface area contributed by atoms with Crippen molar-refractivity contribution in [1.29, 1.82) is 0 Å². The lowest BCUT2D eigenvalue weighted by molar-refractivity contribution is 0.0523. The number of ether oxygens (including phenoxy) is 1. The van der Waals surface area contributed by atoms with Crippen LogP contribution in [0.5, 0.6) is 0 Å². The Hall–Kier alpha value is -2.50. The Morgan fingerprint density at radius 2 is 2.08 bits per heavy atom. The highest BCUT2D eigenvalue weighted by Gasteiger charge is 2.17. The summed E-state index contributed by atoms with van der Waals surface area (Å²) in [7, 11) is 0. The van der Waals surface area contributed by atoms with Crippen molar-refractivity contribution in [2.75, 3.05) is 13.1 Å². The summed E-state index contributed by atoms with van der Waals surface area (Å²) < 4.78 is 5.22. The zero-order chi connectivity index (χ0) is 17.7. The molecule has 0 radical (unpaired) electrons. The van der Waals surface area contributed by atoms with Gasteiger partial charge in [-0.2, -0.15) is 0 Å². The number of nitrogens with zero attached hydrogens (tertiary/aromatic N) is 1. The lowest BCUT2D eigenvalue weighted by atomic mass is 9.98. The van der Waals surface area contributed by atoms with E-state index in [1.165, 1.54) is 4.90 Å². The number of rotatable bonds is 3. The average Bonchev–Trinajstić information content (AvgIpc) is 2.52. The maximum Gasteiger partial charge on any atom is 0.407 e. The normalized spacial score (nSPS) is 14.8. The first kappa shape index (κ1) is 17.8. The molecule has 2 rings (SSSR count). The summed E-state index contributed by atoms with van der Waals surface area (Å²) in [6.07, 6.45) is 1.30. The Labute approximate surface area is 142 Å². The van der Waals surface area contributed by atoms with Crippen molar-refractivity contribution in [3.8, 4) is 0 Å². The Morgan fingerprint density at radius 3 is 2.67 bits per heavy atom. The Bertz CT molecular complexity index is 647. The molecule has 0 spiro atoms. The summed E-state index contributed by atoms with van der Waals surface area (Å²) in [4.78, 5) is 24.0. The molecule has 6 nitrogen and oxygen atoms in total. The topological polar surface area (TPSA) is 78.9 Å². The van der Waals surface area contributed by atoms with Crippen LogP contribution in [0, 0.1) is 0 Å². The monoisotopic (exact) mass is 332 g/mol. The summed E-state index contributed by atoms with van der Waals surface area (Å²) >= 11 is 0. The van der Waals surface area contributed by atoms with Gasteiger partial charge in [-0.3, -0.25) is 0 Å². The molecule has 6 heteroatoms. The van der Waals surface area contributed by atoms with E-state index in [1.807, 2.05) is 51.1 Å². The SMILES string of the molecule is CC(C)(C)OC(=O)NCc1cccc(C2=CCN(C(=O)O)CC2)c1. The summed E-state index contributed by atoms with van der Waals surface area (Å²) in [5.74, 6) is 0. The van der Waals surface area contributed by atoms with Gasteiger partial charge < -0.3 is 20.1 Å². The molecular weight excluding hydrogens is 308 g/mol. The van der Waals surface area contributed by atoms with E-state index >= 15 is 0 Å². The lowest BCUT2D eigenvalue weighted by Gasteiger charge is -2.24. The molecule has 2 amide bonds. The van der Waals surface area contributed by atoms with E-state index in [0.29, 0.717) is 26.1 Å². The molecule has 0 bridgehead atoms. The average molecular weight is 332 g/mol. The number of benzene rings is 1. The van der Waals surface area contributed by atoms with Crippen molar-refractivity contribution < 1.29 is 19.4 Å². The molecule has 1 aromatic carbocycles. The van der Waals surface area contributed by atoms with Crippen molar-refractivity contribution in [2.45, 2.75) is 39.3 Å². The maximum atomic E-state index is 11.7. The largest absolute Gasteiger partial charge is 0.465 e. The van der Waals surface area contributed by atoms with Crippen LogP contribution in [0.1, 0.15) is 38.3 Å². The second-order valence-electron chi connectivity index (χ2n) is 6.76. The van der Waals surface area contributed by atoms with E-state index < -0.39 is 17.8 Å². The molecule has 24 heavy (non-hydrogen) atoms. The number of carboxylic acid groups (broad SMARTS) is 1. The number of hydrogen-bond acceptors (Lipinski definition) is 3. The minimum atomic E-state index is -0.888. The van der Waals surface area contributed by atoms with Crippen molar-refractivity contribution >= 4 is 17.8 Å². The molecule has 130 valence electrons. The lowest BCUT2D eigenvalue weighted by Crippen LogP contribution is -2.33. The molecule has 0 unspecified atom stereocenters. The van der Waals surface area contributed by atoms with Gasteiger partial charge in [0.25, 0.3) is 0 Å². The van der Waals surface area contributed by atoms with E-state index in [9.17, 15) is 9.59 Å². The first-order valence-corrected chi connectivity index (χ1v) is 7.98. The maximum absolute atomic E-state index is 11.7. The standard InChI is InChI=1S/C18H24N2O4/c1-18(2,3)24-16(21)19-12-13-5-4-6-15(11-13)14-7-9-20(10-8-14)17(22)23/h4-7,11H,8-10,12H2,1-3H3,(H,19,21)(H,22,23). The number of hydrogen-bond donors (Lipinski definition) is 2. The van der Waals surface area contributed by atoms with Crippen LogP contribution >= 0.6 is 0 Å². The van der Waals surface area contributed by atoms with Crippen molar-refractivity contribution in [3.05, 3.63) is 41.5 Å². The Balaban J connectivity index is 1.97. The van der Waals surface area contributed by atoms with Crippen molar-refractivity contribution in [3.63, 3.8) is 0 Å². The highest BCUT2D eigenvalue weighted by Crippen LogP contribution is 2.23. The van der Waals surface area contributed by atoms with Gasteiger partial charge in [0, 0.05) is 19.6 Å². The van der Waals surface area contributed by atoms with Crippen molar-refractivity contribution in [2.24, 2.45) is 0 Å². The van der Waals surface area contributed by atoms with Gasteiger partial charge in [0.15, 0.2) is 0 Å². The quantitative estimate of drug-likeness (QED) is 0.888. The third-order valence-electron chi connectivity index (χ3n) is 3.61. The zero-order valence-corrected chi connectivity index (χ0v) is 14.3. The fourth-order valence-corrected chi connectivity index (χ4v) is 2.47. The fourth-order valence-electron chi connectivity index (χ4n) is 2.47. The molecule has 0 atom stereocenters. The van der Waals surface area contributed by atoms with Gasteiger partial charge in [0.1, 0.15) is 5.60 Å². The smallest absolute Gasteiger partial charge is 0.407 e. The minimum Gasteiger partial charge on any atom is -0.465 e. The summed E-state index contributed by atoms with van der Waals surface area (Å²) in [5.41, 5.74) is 2.64. The summed E-state index contributed by atoms with van der Waals surface area (Å²) in [6, 6.07) is 7.89. The summed E-state index contributed by atoms with van der Waals surface area (Å²) in [5, 5.41) is 11.7. The van der Waals surface area contributed by atoms with Crippen molar-refractivity contribution in [1.82, 2.24) is 10.2 Å². The van der Waals surface area contributed by atoms with E-state index in [2.05, 4.69) is 5.32 Å². The molecule has 0 fully saturated rings. The first-order chi connectivity index (χ1) is 11.2. The number of carbonyl (C=O) groups excluding carboxylic acids is 1. The summed E-state index contributed by atoms with van der Waals surface area (Å²) in [6.45, 7) is 6.76. The molecule has 0 aliphatic carbocycles. The molecule has 0 aromatic heterocycles. The molecule has 1 aliphatic rings. The number of nitrogens with one attached hydrogen (secondary N) is 1. The van der Waals surface area contributed by atoms with Gasteiger partial charge in [-0.05, 0) is 50.0 Å². The highest BCUT2D eigenvalue weighted by atomic mass is 16.6. The fraction of sp³-hybridized carbons (Fsp3) is 0.444. The molecule has 0 saturated carbocycles. The molecule has 1 aromatic rings. The Kier molecular flexibility index (Phi) is 5.49. The third-order valence-corrected chi connectivity index (χ3v) is 3.61. The van der Waals surface area contributed by atoms with Crippen LogP contribution in [0.25, 0.3) is 5.57 Å². The van der Waals surface area contributed by atoms with Gasteiger partial charge >= 0.3 is 12.2 Å². The van der Waals surface area contributed by atoms with Crippen LogP contribution in [0.15, 0.2) is 30.3 Å². The predicted octanol–water partition coefficient (Wildman–Crippen LogP) is 3.48. The van der Waals surface area contributed by atoms with Crippen LogP contribution in [0.2, 0.25) is 0 Å². The van der Waals surface area contributed by atoms with Crippen LogP contribution < -0.4 is 5.32 Å². The van der Waals surface area contributed by atoms with E-state index in [-0.39, 0.29) is 0 Å². The molecular formula is C18H24N2O4. The molecule has 1 heterocycles. The second-order valence-corrected chi connectivity index (χ2v) is 6.76. The van der Waals surface area contributed by atoms with E-state index in [0.717, 1.165) is 16.7 Å². The third kappa shape index (κ3) is 5.30. The van der Waals surface area contributed by atoms with Crippen LogP contribution in [0.4, 0.5) is 9.59 Å². The highest BCUT2D eigenvalue weighted by molar-refractivity contribution is 5.71. The zero-order valence-electron chi connectivity index (χ0n) is 14.3. The van der Waals surface area contributed by atoms with E-state index in [1.54, 1.807) is 0 Å². The van der Waals surface area contributed by atoms with Crippen LogP contribution in [0.3, 0.4) is 0 Å². The molecule has 1 aliphatic heterocycles. The predicted molar refractivity (Wildman–Crippen MR) is 91.7 cm³/mol. The first-order valence-electron chi connectivity index (χ1n) is 7.98.